The summed E-state index contributed by atoms with van der Waals surface area (Å²) in [5.41, 5.74) is -0.480. The molecule has 1 atom stereocenters. The van der Waals surface area contributed by atoms with Crippen LogP contribution in [0, 0.1) is 0 Å². The maximum absolute atomic E-state index is 12.9. The van der Waals surface area contributed by atoms with E-state index >= 15 is 0 Å². The van der Waals surface area contributed by atoms with Crippen molar-refractivity contribution in [2.45, 2.75) is 24.6 Å². The molecule has 1 aromatic carbocycles. The van der Waals surface area contributed by atoms with E-state index in [4.69, 9.17) is 0 Å². The minimum absolute atomic E-state index is 0.0906. The molecule has 1 unspecified atom stereocenters. The molecule has 0 amide bonds. The Morgan fingerprint density at radius 1 is 1.25 bits per heavy atom. The van der Waals surface area contributed by atoms with E-state index in [-0.39, 0.29) is 6.54 Å². The fourth-order valence-electron chi connectivity index (χ4n) is 1.77. The molecule has 1 aliphatic heterocycles. The molecule has 0 radical (unpaired) electrons. The molecule has 20 heavy (non-hydrogen) atoms. The van der Waals surface area contributed by atoms with Gasteiger partial charge in [-0.1, -0.05) is 0 Å². The molecule has 0 saturated carbocycles. The summed E-state index contributed by atoms with van der Waals surface area (Å²) in [5, 5.41) is 2.65. The Morgan fingerprint density at radius 3 is 2.30 bits per heavy atom. The van der Waals surface area contributed by atoms with Crippen molar-refractivity contribution in [1.29, 1.82) is 0 Å². The van der Waals surface area contributed by atoms with E-state index in [1.807, 2.05) is 0 Å². The van der Waals surface area contributed by atoms with Crippen LogP contribution in [0.3, 0.4) is 0 Å². The highest BCUT2D eigenvalue weighted by Gasteiger charge is 2.50. The van der Waals surface area contributed by atoms with Crippen molar-refractivity contribution in [3.05, 3.63) is 29.8 Å². The van der Waals surface area contributed by atoms with Crippen LogP contribution in [0.1, 0.15) is 12.0 Å². The van der Waals surface area contributed by atoms with Gasteiger partial charge in [0.2, 0.25) is 0 Å². The number of anilines is 1. The molecule has 0 spiro atoms. The molecule has 8 heteroatoms. The van der Waals surface area contributed by atoms with Crippen molar-refractivity contribution >= 4 is 11.7 Å². The number of cyclic esters (lactones) is 1. The van der Waals surface area contributed by atoms with Crippen molar-refractivity contribution in [1.82, 2.24) is 0 Å². The molecular formula is C12H10F5NO2. The summed E-state index contributed by atoms with van der Waals surface area (Å²) in [5.74, 6) is -5.07. The maximum Gasteiger partial charge on any atom is 0.416 e. The number of halogens is 5. The highest BCUT2D eigenvalue weighted by molar-refractivity contribution is 5.79. The molecule has 1 fully saturated rings. The second-order valence-electron chi connectivity index (χ2n) is 4.39. The number of ether oxygens (including phenoxy) is 1. The van der Waals surface area contributed by atoms with Crippen LogP contribution in [-0.2, 0) is 15.7 Å². The predicted molar refractivity (Wildman–Crippen MR) is 59.4 cm³/mol. The van der Waals surface area contributed by atoms with Gasteiger partial charge in [-0.3, -0.25) is 0 Å². The second kappa shape index (κ2) is 4.92. The third-order valence-electron chi connectivity index (χ3n) is 2.80. The standard InChI is InChI=1S/C12H10F5NO2/c13-11(14)5-9(20-10(11)19)6-18-8-3-1-7(2-4-8)12(15,16)17/h1-4,9,18H,5-6H2. The lowest BCUT2D eigenvalue weighted by molar-refractivity contribution is -0.158. The van der Waals surface area contributed by atoms with Gasteiger partial charge < -0.3 is 10.1 Å². The largest absolute Gasteiger partial charge is 0.456 e. The van der Waals surface area contributed by atoms with E-state index < -0.39 is 36.2 Å². The molecule has 110 valence electrons. The number of hydrogen-bond acceptors (Lipinski definition) is 3. The number of nitrogens with one attached hydrogen (secondary N) is 1. The number of hydrogen-bond donors (Lipinski definition) is 1. The van der Waals surface area contributed by atoms with Crippen molar-refractivity contribution < 1.29 is 31.5 Å². The quantitative estimate of drug-likeness (QED) is 0.688. The molecule has 1 aliphatic rings. The number of benzene rings is 1. The van der Waals surface area contributed by atoms with Crippen LogP contribution in [0.4, 0.5) is 27.6 Å². The van der Waals surface area contributed by atoms with E-state index in [1.54, 1.807) is 0 Å². The Hall–Kier alpha value is -1.86. The average molecular weight is 295 g/mol. The lowest BCUT2D eigenvalue weighted by Crippen LogP contribution is -2.22. The average Bonchev–Trinajstić information content (AvgIpc) is 2.60. The monoisotopic (exact) mass is 295 g/mol. The van der Waals surface area contributed by atoms with Gasteiger partial charge in [-0.25, -0.2) is 4.79 Å². The number of rotatable bonds is 3. The number of alkyl halides is 5. The summed E-state index contributed by atoms with van der Waals surface area (Å²) in [6, 6.07) is 4.10. The summed E-state index contributed by atoms with van der Waals surface area (Å²) in [7, 11) is 0. The number of carbonyl (C=O) groups is 1. The van der Waals surface area contributed by atoms with Gasteiger partial charge in [0.1, 0.15) is 6.10 Å². The first-order valence-corrected chi connectivity index (χ1v) is 5.68. The van der Waals surface area contributed by atoms with Gasteiger partial charge in [0.25, 0.3) is 0 Å². The smallest absolute Gasteiger partial charge is 0.416 e. The van der Waals surface area contributed by atoms with Crippen LogP contribution >= 0.6 is 0 Å². The minimum Gasteiger partial charge on any atom is -0.456 e. The summed E-state index contributed by atoms with van der Waals surface area (Å²) < 4.78 is 67.1. The van der Waals surface area contributed by atoms with E-state index in [0.717, 1.165) is 12.1 Å². The van der Waals surface area contributed by atoms with Crippen LogP contribution in [0.15, 0.2) is 24.3 Å². The molecule has 1 heterocycles. The zero-order chi connectivity index (χ0) is 15.0. The SMILES string of the molecule is O=C1OC(CNc2ccc(C(F)(F)F)cc2)CC1(F)F. The molecule has 1 N–H and O–H groups in total. The lowest BCUT2D eigenvalue weighted by atomic mass is 10.1. The van der Waals surface area contributed by atoms with Gasteiger partial charge in [-0.15, -0.1) is 0 Å². The van der Waals surface area contributed by atoms with Crippen LogP contribution in [0.5, 0.6) is 0 Å². The van der Waals surface area contributed by atoms with Crippen LogP contribution in [0.2, 0.25) is 0 Å². The predicted octanol–water partition coefficient (Wildman–Crippen LogP) is 3.07. The third kappa shape index (κ3) is 3.17. The molecule has 0 aromatic heterocycles. The Morgan fingerprint density at radius 2 is 1.85 bits per heavy atom. The van der Waals surface area contributed by atoms with Gasteiger partial charge in [0.15, 0.2) is 0 Å². The van der Waals surface area contributed by atoms with E-state index in [1.165, 1.54) is 12.1 Å². The Balaban J connectivity index is 1.91. The summed E-state index contributed by atoms with van der Waals surface area (Å²) in [4.78, 5) is 10.7. The first kappa shape index (κ1) is 14.5. The Labute approximate surface area is 110 Å². The van der Waals surface area contributed by atoms with Crippen LogP contribution in [-0.4, -0.2) is 24.5 Å². The van der Waals surface area contributed by atoms with Crippen molar-refractivity contribution in [2.24, 2.45) is 0 Å². The maximum atomic E-state index is 12.9. The zero-order valence-corrected chi connectivity index (χ0v) is 10.0. The highest BCUT2D eigenvalue weighted by Crippen LogP contribution is 2.32. The summed E-state index contributed by atoms with van der Waals surface area (Å²) in [6.07, 6.45) is -6.17. The highest BCUT2D eigenvalue weighted by atomic mass is 19.4. The van der Waals surface area contributed by atoms with Crippen LogP contribution in [0.25, 0.3) is 0 Å². The molecule has 0 aliphatic carbocycles. The van der Waals surface area contributed by atoms with E-state index in [9.17, 15) is 26.7 Å². The zero-order valence-electron chi connectivity index (χ0n) is 10.0. The van der Waals surface area contributed by atoms with Gasteiger partial charge >= 0.3 is 18.1 Å². The molecular weight excluding hydrogens is 285 g/mol. The number of carbonyl (C=O) groups excluding carboxylic acids is 1. The van der Waals surface area contributed by atoms with Crippen LogP contribution < -0.4 is 5.32 Å². The molecule has 3 nitrogen and oxygen atoms in total. The van der Waals surface area contributed by atoms with Gasteiger partial charge in [-0.2, -0.15) is 22.0 Å². The van der Waals surface area contributed by atoms with Crippen molar-refractivity contribution in [3.63, 3.8) is 0 Å². The fourth-order valence-corrected chi connectivity index (χ4v) is 1.77. The fraction of sp³-hybridized carbons (Fsp3) is 0.417. The number of esters is 1. The third-order valence-corrected chi connectivity index (χ3v) is 2.80. The topological polar surface area (TPSA) is 38.3 Å². The van der Waals surface area contributed by atoms with Gasteiger partial charge in [0, 0.05) is 5.69 Å². The normalized spacial score (nSPS) is 21.6. The second-order valence-corrected chi connectivity index (χ2v) is 4.39. The summed E-state index contributed by atoms with van der Waals surface area (Å²) >= 11 is 0. The molecule has 0 bridgehead atoms. The lowest BCUT2D eigenvalue weighted by Gasteiger charge is -2.12. The Bertz CT molecular complexity index is 498. The molecule has 1 saturated heterocycles. The van der Waals surface area contributed by atoms with Gasteiger partial charge in [-0.05, 0) is 24.3 Å². The molecule has 2 rings (SSSR count). The van der Waals surface area contributed by atoms with E-state index in [2.05, 4.69) is 10.1 Å². The first-order valence-electron chi connectivity index (χ1n) is 5.68. The molecule has 1 aromatic rings. The van der Waals surface area contributed by atoms with Crippen molar-refractivity contribution in [3.8, 4) is 0 Å². The first-order chi connectivity index (χ1) is 9.18. The summed E-state index contributed by atoms with van der Waals surface area (Å²) in [6.45, 7) is -0.0906. The minimum atomic E-state index is -4.43. The Kier molecular flexibility index (Phi) is 3.58. The van der Waals surface area contributed by atoms with Gasteiger partial charge in [0.05, 0.1) is 18.5 Å². The van der Waals surface area contributed by atoms with E-state index in [0.29, 0.717) is 5.69 Å². The van der Waals surface area contributed by atoms with Crippen molar-refractivity contribution in [2.75, 3.05) is 11.9 Å².